The molecule has 0 heterocycles. The first-order valence-electron chi connectivity index (χ1n) is 5.19. The molecule has 1 aliphatic rings. The Balaban J connectivity index is 2.14. The Morgan fingerprint density at radius 2 is 2.36 bits per heavy atom. The summed E-state index contributed by atoms with van der Waals surface area (Å²) in [7, 11) is 0. The lowest BCUT2D eigenvalue weighted by atomic mass is 9.89. The summed E-state index contributed by atoms with van der Waals surface area (Å²) in [4.78, 5) is 10.2. The molecule has 0 amide bonds. The van der Waals surface area contributed by atoms with Gasteiger partial charge in [-0.3, -0.25) is 0 Å². The predicted octanol–water partition coefficient (Wildman–Crippen LogP) is 2.22. The molecule has 0 saturated heterocycles. The monoisotopic (exact) mass is 198 g/mol. The van der Waals surface area contributed by atoms with E-state index >= 15 is 0 Å². The maximum atomic E-state index is 10.2. The average Bonchev–Trinajstić information content (AvgIpc) is 2.12. The lowest BCUT2D eigenvalue weighted by Crippen LogP contribution is -2.21. The van der Waals surface area contributed by atoms with E-state index in [4.69, 9.17) is 9.84 Å². The first-order chi connectivity index (χ1) is 6.68. The van der Waals surface area contributed by atoms with Crippen molar-refractivity contribution < 1.29 is 14.6 Å². The number of aliphatic carboxylic acids is 1. The van der Waals surface area contributed by atoms with Gasteiger partial charge in [0.2, 0.25) is 0 Å². The molecule has 1 aliphatic carbocycles. The van der Waals surface area contributed by atoms with Gasteiger partial charge in [-0.15, -0.1) is 0 Å². The van der Waals surface area contributed by atoms with Crippen molar-refractivity contribution in [2.45, 2.75) is 38.7 Å². The number of hydrogen-bond acceptors (Lipinski definition) is 2. The molecule has 3 heteroatoms. The molecule has 2 unspecified atom stereocenters. The average molecular weight is 198 g/mol. The normalized spacial score (nSPS) is 28.1. The fourth-order valence-corrected chi connectivity index (χ4v) is 1.87. The Bertz CT molecular complexity index is 211. The molecule has 0 aliphatic heterocycles. The minimum atomic E-state index is -0.911. The molecule has 0 spiro atoms. The molecule has 0 aromatic rings. The largest absolute Gasteiger partial charge is 0.478 e. The van der Waals surface area contributed by atoms with Crippen LogP contribution in [0.4, 0.5) is 0 Å². The molecule has 1 saturated carbocycles. The van der Waals surface area contributed by atoms with Crippen molar-refractivity contribution in [2.24, 2.45) is 5.92 Å². The molecule has 0 aromatic carbocycles. The summed E-state index contributed by atoms with van der Waals surface area (Å²) in [5.74, 6) is -0.164. The smallest absolute Gasteiger partial charge is 0.328 e. The molecule has 3 nitrogen and oxygen atoms in total. The Morgan fingerprint density at radius 1 is 1.57 bits per heavy atom. The van der Waals surface area contributed by atoms with Crippen molar-refractivity contribution in [3.63, 3.8) is 0 Å². The number of carbonyl (C=O) groups is 1. The molecular weight excluding hydrogens is 180 g/mol. The van der Waals surface area contributed by atoms with Gasteiger partial charge in [-0.05, 0) is 18.8 Å². The number of ether oxygens (including phenoxy) is 1. The number of carboxylic acids is 1. The van der Waals surface area contributed by atoms with Crippen molar-refractivity contribution in [3.05, 3.63) is 12.2 Å². The molecule has 0 bridgehead atoms. The molecule has 1 rings (SSSR count). The first-order valence-corrected chi connectivity index (χ1v) is 5.19. The molecule has 1 fully saturated rings. The molecule has 0 aromatic heterocycles. The van der Waals surface area contributed by atoms with Gasteiger partial charge in [0.05, 0.1) is 12.7 Å². The Hall–Kier alpha value is -0.830. The summed E-state index contributed by atoms with van der Waals surface area (Å²) in [6.45, 7) is 2.66. The van der Waals surface area contributed by atoms with E-state index in [1.807, 2.05) is 0 Å². The van der Waals surface area contributed by atoms with E-state index < -0.39 is 5.97 Å². The number of rotatable bonds is 4. The Morgan fingerprint density at radius 3 is 3.00 bits per heavy atom. The van der Waals surface area contributed by atoms with Crippen LogP contribution < -0.4 is 0 Å². The second-order valence-corrected chi connectivity index (χ2v) is 3.97. The van der Waals surface area contributed by atoms with Crippen LogP contribution in [0.2, 0.25) is 0 Å². The summed E-state index contributed by atoms with van der Waals surface area (Å²) < 4.78 is 5.55. The van der Waals surface area contributed by atoms with Gasteiger partial charge in [-0.25, -0.2) is 4.79 Å². The van der Waals surface area contributed by atoms with Gasteiger partial charge in [-0.1, -0.05) is 25.8 Å². The third-order valence-corrected chi connectivity index (χ3v) is 2.58. The quantitative estimate of drug-likeness (QED) is 0.704. The number of hydrogen-bond donors (Lipinski definition) is 1. The topological polar surface area (TPSA) is 46.5 Å². The Kier molecular flexibility index (Phi) is 4.66. The molecular formula is C11H18O3. The maximum absolute atomic E-state index is 10.2. The lowest BCUT2D eigenvalue weighted by Gasteiger charge is -2.26. The maximum Gasteiger partial charge on any atom is 0.328 e. The van der Waals surface area contributed by atoms with E-state index in [0.29, 0.717) is 12.7 Å². The highest BCUT2D eigenvalue weighted by molar-refractivity contribution is 5.79. The van der Waals surface area contributed by atoms with Crippen LogP contribution in [0.15, 0.2) is 12.2 Å². The third kappa shape index (κ3) is 4.42. The van der Waals surface area contributed by atoms with Crippen LogP contribution in [0.25, 0.3) is 0 Å². The third-order valence-electron chi connectivity index (χ3n) is 2.58. The fourth-order valence-electron chi connectivity index (χ4n) is 1.87. The second kappa shape index (κ2) is 5.81. The second-order valence-electron chi connectivity index (χ2n) is 3.97. The summed E-state index contributed by atoms with van der Waals surface area (Å²) in [5.41, 5.74) is 0. The summed E-state index contributed by atoms with van der Waals surface area (Å²) in [6.07, 6.45) is 7.77. The highest BCUT2D eigenvalue weighted by atomic mass is 16.5. The summed E-state index contributed by atoms with van der Waals surface area (Å²) in [5, 5.41) is 8.35. The van der Waals surface area contributed by atoms with E-state index in [0.717, 1.165) is 24.8 Å². The number of carboxylic acid groups (broad SMARTS) is 1. The standard InChI is InChI=1S/C11H18O3/c1-9-4-2-5-10(8-9)14-7-3-6-11(12)13/h3,6,9-10H,2,4-5,7-8H2,1H3,(H,12,13). The highest BCUT2D eigenvalue weighted by Crippen LogP contribution is 2.25. The van der Waals surface area contributed by atoms with Gasteiger partial charge in [0.1, 0.15) is 0 Å². The van der Waals surface area contributed by atoms with Crippen molar-refractivity contribution in [2.75, 3.05) is 6.61 Å². The predicted molar refractivity (Wildman–Crippen MR) is 54.1 cm³/mol. The van der Waals surface area contributed by atoms with Crippen molar-refractivity contribution in [1.29, 1.82) is 0 Å². The lowest BCUT2D eigenvalue weighted by molar-refractivity contribution is -0.131. The van der Waals surface area contributed by atoms with E-state index in [9.17, 15) is 4.79 Å². The molecule has 1 N–H and O–H groups in total. The van der Waals surface area contributed by atoms with Crippen LogP contribution in [0.5, 0.6) is 0 Å². The van der Waals surface area contributed by atoms with E-state index in [1.165, 1.54) is 12.8 Å². The van der Waals surface area contributed by atoms with Crippen LogP contribution >= 0.6 is 0 Å². The summed E-state index contributed by atoms with van der Waals surface area (Å²) in [6, 6.07) is 0. The van der Waals surface area contributed by atoms with E-state index in [2.05, 4.69) is 6.92 Å². The first kappa shape index (κ1) is 11.2. The van der Waals surface area contributed by atoms with Crippen molar-refractivity contribution in [1.82, 2.24) is 0 Å². The molecule has 14 heavy (non-hydrogen) atoms. The highest BCUT2D eigenvalue weighted by Gasteiger charge is 2.18. The minimum Gasteiger partial charge on any atom is -0.478 e. The van der Waals surface area contributed by atoms with Gasteiger partial charge in [-0.2, -0.15) is 0 Å². The van der Waals surface area contributed by atoms with Gasteiger partial charge in [0.15, 0.2) is 0 Å². The molecule has 2 atom stereocenters. The molecule has 80 valence electrons. The zero-order valence-corrected chi connectivity index (χ0v) is 8.61. The van der Waals surface area contributed by atoms with Gasteiger partial charge < -0.3 is 9.84 Å². The zero-order chi connectivity index (χ0) is 10.4. The van der Waals surface area contributed by atoms with Gasteiger partial charge in [0, 0.05) is 6.08 Å². The van der Waals surface area contributed by atoms with Crippen LogP contribution in [0, 0.1) is 5.92 Å². The summed E-state index contributed by atoms with van der Waals surface area (Å²) >= 11 is 0. The van der Waals surface area contributed by atoms with E-state index in [1.54, 1.807) is 6.08 Å². The Labute approximate surface area is 84.8 Å². The van der Waals surface area contributed by atoms with Crippen molar-refractivity contribution in [3.8, 4) is 0 Å². The van der Waals surface area contributed by atoms with Gasteiger partial charge >= 0.3 is 5.97 Å². The minimum absolute atomic E-state index is 0.331. The SMILES string of the molecule is CC1CCCC(OCC=CC(=O)O)C1. The van der Waals surface area contributed by atoms with Crippen LogP contribution in [0.1, 0.15) is 32.6 Å². The van der Waals surface area contributed by atoms with Crippen LogP contribution in [0.3, 0.4) is 0 Å². The van der Waals surface area contributed by atoms with Gasteiger partial charge in [0.25, 0.3) is 0 Å². The van der Waals surface area contributed by atoms with Crippen LogP contribution in [-0.4, -0.2) is 23.8 Å². The zero-order valence-electron chi connectivity index (χ0n) is 8.61. The van der Waals surface area contributed by atoms with E-state index in [-0.39, 0.29) is 0 Å². The molecule has 0 radical (unpaired) electrons. The fraction of sp³-hybridized carbons (Fsp3) is 0.727. The van der Waals surface area contributed by atoms with Crippen LogP contribution in [-0.2, 0) is 9.53 Å². The van der Waals surface area contributed by atoms with Crippen molar-refractivity contribution >= 4 is 5.97 Å².